The second-order valence-corrected chi connectivity index (χ2v) is 9.64. The highest BCUT2D eigenvalue weighted by atomic mass is 31.2. The Bertz CT molecular complexity index is 1220. The molecule has 0 saturated carbocycles. The standard InChI is InChI=1S/C25H21O2P/c1-18-10-6-7-17-23(18)28(27,21-14-4-3-5-15-21)25(26)22-16-9-13-20-12-8-11-19(2)24(20)22/h3-17H,1-2H3. The highest BCUT2D eigenvalue weighted by molar-refractivity contribution is 7.93. The first kappa shape index (κ1) is 18.4. The molecule has 4 rings (SSSR count). The summed E-state index contributed by atoms with van der Waals surface area (Å²) in [7, 11) is -3.54. The van der Waals surface area contributed by atoms with Crippen molar-refractivity contribution in [3.63, 3.8) is 0 Å². The number of carbonyl (C=O) groups is 1. The van der Waals surface area contributed by atoms with E-state index in [0.717, 1.165) is 21.9 Å². The lowest BCUT2D eigenvalue weighted by Crippen LogP contribution is -2.24. The lowest BCUT2D eigenvalue weighted by atomic mass is 10.0. The van der Waals surface area contributed by atoms with E-state index < -0.39 is 7.14 Å². The average molecular weight is 384 g/mol. The van der Waals surface area contributed by atoms with Gasteiger partial charge in [-0.1, -0.05) is 91.0 Å². The normalized spacial score (nSPS) is 13.2. The fraction of sp³-hybridized carbons (Fsp3) is 0.0800. The summed E-state index contributed by atoms with van der Waals surface area (Å²) in [4.78, 5) is 13.9. The fourth-order valence-electron chi connectivity index (χ4n) is 3.80. The zero-order valence-corrected chi connectivity index (χ0v) is 16.8. The van der Waals surface area contributed by atoms with Crippen LogP contribution in [0.5, 0.6) is 0 Å². The molecule has 0 saturated heterocycles. The molecule has 0 aliphatic heterocycles. The van der Waals surface area contributed by atoms with Gasteiger partial charge in [-0.05, 0) is 35.7 Å². The SMILES string of the molecule is Cc1ccccc1P(=O)(C(=O)c1cccc2cccc(C)c12)c1ccccc1. The Morgan fingerprint density at radius 2 is 1.29 bits per heavy atom. The molecule has 0 radical (unpaired) electrons. The molecule has 0 aromatic heterocycles. The van der Waals surface area contributed by atoms with Gasteiger partial charge >= 0.3 is 0 Å². The predicted molar refractivity (Wildman–Crippen MR) is 118 cm³/mol. The molecular formula is C25H21O2P. The summed E-state index contributed by atoms with van der Waals surface area (Å²) in [5, 5.41) is 3.03. The van der Waals surface area contributed by atoms with Crippen molar-refractivity contribution in [2.45, 2.75) is 13.8 Å². The molecule has 0 heterocycles. The molecule has 138 valence electrons. The van der Waals surface area contributed by atoms with Gasteiger partial charge in [0.2, 0.25) is 12.7 Å². The zero-order chi connectivity index (χ0) is 19.7. The van der Waals surface area contributed by atoms with Crippen LogP contribution in [0.4, 0.5) is 0 Å². The highest BCUT2D eigenvalue weighted by Crippen LogP contribution is 2.48. The summed E-state index contributed by atoms with van der Waals surface area (Å²) < 4.78 is 14.5. The lowest BCUT2D eigenvalue weighted by molar-refractivity contribution is 0.107. The molecule has 1 atom stereocenters. The second-order valence-electron chi connectivity index (χ2n) is 7.02. The molecule has 0 spiro atoms. The van der Waals surface area contributed by atoms with Gasteiger partial charge in [-0.2, -0.15) is 0 Å². The van der Waals surface area contributed by atoms with E-state index in [4.69, 9.17) is 0 Å². The molecule has 0 fully saturated rings. The Balaban J connectivity index is 2.04. The molecule has 0 aliphatic carbocycles. The molecule has 0 bridgehead atoms. The third-order valence-corrected chi connectivity index (χ3v) is 8.22. The van der Waals surface area contributed by atoms with Crippen molar-refractivity contribution >= 4 is 34.0 Å². The van der Waals surface area contributed by atoms with Gasteiger partial charge in [0, 0.05) is 16.2 Å². The Hall–Kier alpha value is -2.96. The van der Waals surface area contributed by atoms with Gasteiger partial charge in [-0.3, -0.25) is 4.79 Å². The molecule has 4 aromatic rings. The minimum Gasteiger partial charge on any atom is -0.305 e. The van der Waals surface area contributed by atoms with Crippen molar-refractivity contribution in [3.8, 4) is 0 Å². The van der Waals surface area contributed by atoms with Crippen LogP contribution in [0.3, 0.4) is 0 Å². The smallest absolute Gasteiger partial charge is 0.230 e. The fourth-order valence-corrected chi connectivity index (χ4v) is 6.51. The van der Waals surface area contributed by atoms with Crippen LogP contribution in [-0.2, 0) is 4.57 Å². The summed E-state index contributed by atoms with van der Waals surface area (Å²) in [5.41, 5.74) is 2.07. The molecule has 2 nitrogen and oxygen atoms in total. The molecule has 1 unspecified atom stereocenters. The van der Waals surface area contributed by atoms with E-state index in [-0.39, 0.29) is 5.52 Å². The summed E-state index contributed by atoms with van der Waals surface area (Å²) in [6.07, 6.45) is 0. The predicted octanol–water partition coefficient (Wildman–Crippen LogP) is 5.61. The second kappa shape index (κ2) is 7.22. The van der Waals surface area contributed by atoms with E-state index in [2.05, 4.69) is 0 Å². The summed E-state index contributed by atoms with van der Waals surface area (Å²) in [5.74, 6) is 0. The number of hydrogen-bond donors (Lipinski definition) is 0. The minimum absolute atomic E-state index is 0.312. The summed E-state index contributed by atoms with van der Waals surface area (Å²) in [6, 6.07) is 28.2. The largest absolute Gasteiger partial charge is 0.305 e. The summed E-state index contributed by atoms with van der Waals surface area (Å²) in [6.45, 7) is 3.90. The van der Waals surface area contributed by atoms with Crippen LogP contribution in [0.2, 0.25) is 0 Å². The third kappa shape index (κ3) is 2.91. The maximum atomic E-state index is 14.5. The number of hydrogen-bond acceptors (Lipinski definition) is 2. The molecule has 3 heteroatoms. The van der Waals surface area contributed by atoms with Crippen LogP contribution in [0.15, 0.2) is 91.0 Å². The molecule has 0 N–H and O–H groups in total. The molecular weight excluding hydrogens is 363 g/mol. The van der Waals surface area contributed by atoms with Gasteiger partial charge in [0.25, 0.3) is 0 Å². The van der Waals surface area contributed by atoms with Gasteiger partial charge in [-0.15, -0.1) is 0 Å². The monoisotopic (exact) mass is 384 g/mol. The lowest BCUT2D eigenvalue weighted by Gasteiger charge is -2.21. The van der Waals surface area contributed by atoms with Crippen molar-refractivity contribution in [2.24, 2.45) is 0 Å². The van der Waals surface area contributed by atoms with E-state index in [1.54, 1.807) is 18.2 Å². The van der Waals surface area contributed by atoms with Crippen LogP contribution in [0, 0.1) is 13.8 Å². The van der Waals surface area contributed by atoms with Gasteiger partial charge in [0.05, 0.1) is 0 Å². The van der Waals surface area contributed by atoms with Crippen LogP contribution < -0.4 is 10.6 Å². The number of carbonyl (C=O) groups excluding carboxylic acids is 1. The van der Waals surface area contributed by atoms with Crippen LogP contribution in [0.25, 0.3) is 10.8 Å². The van der Waals surface area contributed by atoms with Crippen LogP contribution in [-0.4, -0.2) is 5.52 Å². The number of rotatable bonds is 4. The number of fused-ring (bicyclic) bond motifs is 1. The number of aryl methyl sites for hydroxylation is 2. The Morgan fingerprint density at radius 1 is 0.679 bits per heavy atom. The first-order valence-corrected chi connectivity index (χ1v) is 11.0. The van der Waals surface area contributed by atoms with Crippen LogP contribution in [0.1, 0.15) is 21.5 Å². The minimum atomic E-state index is -3.54. The summed E-state index contributed by atoms with van der Waals surface area (Å²) >= 11 is 0. The highest BCUT2D eigenvalue weighted by Gasteiger charge is 2.38. The van der Waals surface area contributed by atoms with Gasteiger partial charge in [0.15, 0.2) is 0 Å². The van der Waals surface area contributed by atoms with Crippen molar-refractivity contribution in [2.75, 3.05) is 0 Å². The van der Waals surface area contributed by atoms with Crippen molar-refractivity contribution in [1.82, 2.24) is 0 Å². The van der Waals surface area contributed by atoms with Gasteiger partial charge in [-0.25, -0.2) is 0 Å². The first-order valence-electron chi connectivity index (χ1n) is 9.28. The van der Waals surface area contributed by atoms with Crippen molar-refractivity contribution in [3.05, 3.63) is 108 Å². The Morgan fingerprint density at radius 3 is 2.00 bits per heavy atom. The average Bonchev–Trinajstić information content (AvgIpc) is 2.73. The Kier molecular flexibility index (Phi) is 4.75. The Labute approximate surface area is 165 Å². The molecule has 28 heavy (non-hydrogen) atoms. The third-order valence-electron chi connectivity index (χ3n) is 5.20. The topological polar surface area (TPSA) is 34.1 Å². The van der Waals surface area contributed by atoms with E-state index in [1.807, 2.05) is 86.6 Å². The van der Waals surface area contributed by atoms with Gasteiger partial charge in [0.1, 0.15) is 0 Å². The quantitative estimate of drug-likeness (QED) is 0.429. The first-order chi connectivity index (χ1) is 13.5. The van der Waals surface area contributed by atoms with E-state index >= 15 is 0 Å². The van der Waals surface area contributed by atoms with Crippen LogP contribution >= 0.6 is 7.14 Å². The van der Waals surface area contributed by atoms with Crippen molar-refractivity contribution in [1.29, 1.82) is 0 Å². The maximum absolute atomic E-state index is 14.5. The van der Waals surface area contributed by atoms with Crippen molar-refractivity contribution < 1.29 is 9.36 Å². The molecule has 4 aromatic carbocycles. The zero-order valence-electron chi connectivity index (χ0n) is 15.9. The van der Waals surface area contributed by atoms with E-state index in [1.165, 1.54) is 0 Å². The van der Waals surface area contributed by atoms with Gasteiger partial charge < -0.3 is 4.57 Å². The van der Waals surface area contributed by atoms with E-state index in [9.17, 15) is 9.36 Å². The van der Waals surface area contributed by atoms with E-state index in [0.29, 0.717) is 16.2 Å². The molecule has 0 amide bonds. The number of benzene rings is 4. The maximum Gasteiger partial charge on any atom is 0.230 e. The molecule has 0 aliphatic rings.